The van der Waals surface area contributed by atoms with Gasteiger partial charge in [-0.25, -0.2) is 12.7 Å². The predicted molar refractivity (Wildman–Crippen MR) is 85.7 cm³/mol. The molecule has 0 aromatic heterocycles. The molecule has 1 aliphatic rings. The minimum Gasteiger partial charge on any atom is -0.315 e. The fourth-order valence-electron chi connectivity index (χ4n) is 2.68. The lowest BCUT2D eigenvalue weighted by Gasteiger charge is -2.31. The van der Waals surface area contributed by atoms with Crippen LogP contribution in [0.15, 0.2) is 0 Å². The third kappa shape index (κ3) is 7.25. The van der Waals surface area contributed by atoms with Gasteiger partial charge >= 0.3 is 0 Å². The van der Waals surface area contributed by atoms with Crippen LogP contribution < -0.4 is 5.32 Å². The van der Waals surface area contributed by atoms with Crippen LogP contribution in [0.25, 0.3) is 0 Å². The third-order valence-corrected chi connectivity index (χ3v) is 5.16. The third-order valence-electron chi connectivity index (χ3n) is 3.58. The van der Waals surface area contributed by atoms with Gasteiger partial charge in [0.05, 0.1) is 6.26 Å². The van der Waals surface area contributed by atoms with Gasteiger partial charge in [-0.3, -0.25) is 0 Å². The van der Waals surface area contributed by atoms with Crippen LogP contribution in [0.1, 0.15) is 40.0 Å². The average Bonchev–Trinajstić information content (AvgIpc) is 2.25. The molecule has 1 heterocycles. The van der Waals surface area contributed by atoms with Gasteiger partial charge in [0.15, 0.2) is 0 Å². The van der Waals surface area contributed by atoms with Crippen molar-refractivity contribution < 1.29 is 8.42 Å². The highest BCUT2D eigenvalue weighted by Gasteiger charge is 2.25. The number of rotatable bonds is 6. The van der Waals surface area contributed by atoms with E-state index in [2.05, 4.69) is 26.1 Å². The summed E-state index contributed by atoms with van der Waals surface area (Å²) in [7, 11) is -3.04. The molecule has 20 heavy (non-hydrogen) atoms. The SMILES string of the molecule is CC(C)(C)CC(Cl)CNCC1CCCN(S(C)(=O)=O)C1. The van der Waals surface area contributed by atoms with Gasteiger partial charge in [0.1, 0.15) is 0 Å². The normalized spacial score (nSPS) is 23.8. The average molecular weight is 325 g/mol. The van der Waals surface area contributed by atoms with Crippen molar-refractivity contribution in [1.29, 1.82) is 0 Å². The minimum absolute atomic E-state index is 0.129. The molecule has 0 aliphatic carbocycles. The molecule has 0 radical (unpaired) electrons. The van der Waals surface area contributed by atoms with Crippen LogP contribution in [-0.4, -0.2) is 50.5 Å². The predicted octanol–water partition coefficient (Wildman–Crippen LogP) is 2.29. The Morgan fingerprint density at radius 3 is 2.60 bits per heavy atom. The van der Waals surface area contributed by atoms with Crippen molar-refractivity contribution in [3.8, 4) is 0 Å². The van der Waals surface area contributed by atoms with Gasteiger partial charge in [-0.15, -0.1) is 11.6 Å². The number of hydrogen-bond donors (Lipinski definition) is 1. The lowest BCUT2D eigenvalue weighted by molar-refractivity contribution is 0.260. The molecule has 0 amide bonds. The van der Waals surface area contributed by atoms with Gasteiger partial charge in [0.25, 0.3) is 0 Å². The molecule has 0 aromatic carbocycles. The molecule has 6 heteroatoms. The zero-order valence-electron chi connectivity index (χ0n) is 13.2. The van der Waals surface area contributed by atoms with Crippen LogP contribution in [0.5, 0.6) is 0 Å². The molecule has 1 saturated heterocycles. The summed E-state index contributed by atoms with van der Waals surface area (Å²) in [6.07, 6.45) is 4.31. The summed E-state index contributed by atoms with van der Waals surface area (Å²) in [6, 6.07) is 0. The standard InChI is InChI=1S/C14H29ClN2O2S/c1-14(2,3)8-13(15)10-16-9-12-6-5-7-17(11-12)20(4,18)19/h12-13,16H,5-11H2,1-4H3. The second-order valence-corrected chi connectivity index (χ2v) is 9.75. The van der Waals surface area contributed by atoms with Crippen molar-refractivity contribution >= 4 is 21.6 Å². The van der Waals surface area contributed by atoms with E-state index in [9.17, 15) is 8.42 Å². The van der Waals surface area contributed by atoms with E-state index in [1.807, 2.05) is 0 Å². The van der Waals surface area contributed by atoms with Gasteiger partial charge in [-0.05, 0) is 37.1 Å². The highest BCUT2D eigenvalue weighted by molar-refractivity contribution is 7.88. The monoisotopic (exact) mass is 324 g/mol. The Morgan fingerprint density at radius 2 is 2.05 bits per heavy atom. The fourth-order valence-corrected chi connectivity index (χ4v) is 4.19. The molecule has 1 fully saturated rings. The Hall–Kier alpha value is 0.160. The van der Waals surface area contributed by atoms with E-state index < -0.39 is 10.0 Å². The first-order valence-electron chi connectivity index (χ1n) is 7.38. The first-order chi connectivity index (χ1) is 9.08. The zero-order valence-corrected chi connectivity index (χ0v) is 14.7. The van der Waals surface area contributed by atoms with E-state index in [-0.39, 0.29) is 10.8 Å². The largest absolute Gasteiger partial charge is 0.315 e. The summed E-state index contributed by atoms with van der Waals surface area (Å²) in [6.45, 7) is 9.50. The number of halogens is 1. The maximum Gasteiger partial charge on any atom is 0.211 e. The zero-order chi connectivity index (χ0) is 15.4. The second-order valence-electron chi connectivity index (χ2n) is 7.15. The van der Waals surface area contributed by atoms with Crippen LogP contribution >= 0.6 is 11.6 Å². The van der Waals surface area contributed by atoms with Crippen LogP contribution in [0.4, 0.5) is 0 Å². The van der Waals surface area contributed by atoms with Gasteiger partial charge < -0.3 is 5.32 Å². The summed E-state index contributed by atoms with van der Waals surface area (Å²) in [4.78, 5) is 0. The van der Waals surface area contributed by atoms with Gasteiger partial charge in [0, 0.05) is 25.0 Å². The lowest BCUT2D eigenvalue weighted by atomic mass is 9.90. The van der Waals surface area contributed by atoms with Crippen molar-refractivity contribution in [3.63, 3.8) is 0 Å². The number of sulfonamides is 1. The van der Waals surface area contributed by atoms with E-state index in [0.29, 0.717) is 19.0 Å². The summed E-state index contributed by atoms with van der Waals surface area (Å²) < 4.78 is 24.7. The Balaban J connectivity index is 2.28. The Labute approximate surface area is 129 Å². The van der Waals surface area contributed by atoms with Crippen LogP contribution in [0.3, 0.4) is 0 Å². The van der Waals surface area contributed by atoms with E-state index in [0.717, 1.165) is 32.4 Å². The van der Waals surface area contributed by atoms with Crippen molar-refractivity contribution in [3.05, 3.63) is 0 Å². The maximum atomic E-state index is 11.6. The van der Waals surface area contributed by atoms with Crippen LogP contribution in [0, 0.1) is 11.3 Å². The van der Waals surface area contributed by atoms with Crippen LogP contribution in [-0.2, 0) is 10.0 Å². The molecule has 1 rings (SSSR count). The Morgan fingerprint density at radius 1 is 1.40 bits per heavy atom. The number of nitrogens with zero attached hydrogens (tertiary/aromatic N) is 1. The first kappa shape index (κ1) is 18.2. The molecular formula is C14H29ClN2O2S. The maximum absolute atomic E-state index is 11.6. The van der Waals surface area contributed by atoms with E-state index in [1.54, 1.807) is 4.31 Å². The van der Waals surface area contributed by atoms with Crippen molar-refractivity contribution in [2.45, 2.75) is 45.4 Å². The minimum atomic E-state index is -3.04. The van der Waals surface area contributed by atoms with Gasteiger partial charge in [0.2, 0.25) is 10.0 Å². The van der Waals surface area contributed by atoms with Crippen molar-refractivity contribution in [1.82, 2.24) is 9.62 Å². The molecule has 0 aromatic rings. The Bertz CT molecular complexity index is 392. The summed E-state index contributed by atoms with van der Waals surface area (Å²) >= 11 is 6.32. The summed E-state index contributed by atoms with van der Waals surface area (Å²) in [5.41, 5.74) is 0.242. The highest BCUT2D eigenvalue weighted by Crippen LogP contribution is 2.23. The summed E-state index contributed by atoms with van der Waals surface area (Å²) in [5.74, 6) is 0.400. The topological polar surface area (TPSA) is 49.4 Å². The summed E-state index contributed by atoms with van der Waals surface area (Å²) in [5, 5.41) is 3.53. The molecular weight excluding hydrogens is 296 g/mol. The van der Waals surface area contributed by atoms with Crippen molar-refractivity contribution in [2.24, 2.45) is 11.3 Å². The quantitative estimate of drug-likeness (QED) is 0.763. The highest BCUT2D eigenvalue weighted by atomic mass is 35.5. The molecule has 2 unspecified atom stereocenters. The number of piperidine rings is 1. The second kappa shape index (κ2) is 7.43. The molecule has 120 valence electrons. The van der Waals surface area contributed by atoms with E-state index in [4.69, 9.17) is 11.6 Å². The fraction of sp³-hybridized carbons (Fsp3) is 1.00. The van der Waals surface area contributed by atoms with E-state index >= 15 is 0 Å². The van der Waals surface area contributed by atoms with Gasteiger partial charge in [-0.1, -0.05) is 20.8 Å². The molecule has 2 atom stereocenters. The molecule has 1 aliphatic heterocycles. The molecule has 0 spiro atoms. The van der Waals surface area contributed by atoms with Crippen LogP contribution in [0.2, 0.25) is 0 Å². The molecule has 1 N–H and O–H groups in total. The Kier molecular flexibility index (Phi) is 6.77. The first-order valence-corrected chi connectivity index (χ1v) is 9.66. The van der Waals surface area contributed by atoms with E-state index in [1.165, 1.54) is 6.26 Å². The number of nitrogens with one attached hydrogen (secondary N) is 1. The lowest BCUT2D eigenvalue weighted by Crippen LogP contribution is -2.43. The molecule has 0 bridgehead atoms. The molecule has 0 saturated carbocycles. The smallest absolute Gasteiger partial charge is 0.211 e. The molecule has 4 nitrogen and oxygen atoms in total. The number of hydrogen-bond acceptors (Lipinski definition) is 3. The number of alkyl halides is 1. The van der Waals surface area contributed by atoms with Crippen molar-refractivity contribution in [2.75, 3.05) is 32.4 Å². The van der Waals surface area contributed by atoms with Gasteiger partial charge in [-0.2, -0.15) is 0 Å².